The van der Waals surface area contributed by atoms with Gasteiger partial charge in [0.1, 0.15) is 6.04 Å². The van der Waals surface area contributed by atoms with E-state index in [9.17, 15) is 14.7 Å². The molecular weight excluding hydrogens is 362 g/mol. The number of nitrogens with one attached hydrogen (secondary N) is 2. The Morgan fingerprint density at radius 1 is 1.22 bits per heavy atom. The number of nitrogens with zero attached hydrogens (tertiary/aromatic N) is 1. The van der Waals surface area contributed by atoms with Gasteiger partial charge in [-0.2, -0.15) is 0 Å². The molecular formula is C16H16BrN3O3. The standard InChI is InChI=1S/C16H16BrN3O3/c17-12-3-5-13(6-4-12)20-15(21)8-14(16(22)23)19-10-11-2-1-7-18-9-11/h1-7,9,14,19H,8,10H2,(H,20,21)(H,22,23). The maximum Gasteiger partial charge on any atom is 0.321 e. The molecule has 0 saturated heterocycles. The van der Waals surface area contributed by atoms with Crippen molar-refractivity contribution in [2.24, 2.45) is 0 Å². The van der Waals surface area contributed by atoms with Crippen LogP contribution in [0.5, 0.6) is 0 Å². The third-order valence-corrected chi connectivity index (χ3v) is 3.62. The summed E-state index contributed by atoms with van der Waals surface area (Å²) in [6.07, 6.45) is 3.13. The minimum Gasteiger partial charge on any atom is -0.480 e. The van der Waals surface area contributed by atoms with E-state index in [1.807, 2.05) is 6.07 Å². The van der Waals surface area contributed by atoms with Crippen LogP contribution in [0.3, 0.4) is 0 Å². The molecule has 1 aromatic heterocycles. The van der Waals surface area contributed by atoms with Crippen molar-refractivity contribution in [3.05, 3.63) is 58.8 Å². The quantitative estimate of drug-likeness (QED) is 0.688. The van der Waals surface area contributed by atoms with E-state index in [1.54, 1.807) is 42.7 Å². The van der Waals surface area contributed by atoms with Crippen molar-refractivity contribution in [2.45, 2.75) is 19.0 Å². The van der Waals surface area contributed by atoms with Gasteiger partial charge in [-0.15, -0.1) is 0 Å². The van der Waals surface area contributed by atoms with Gasteiger partial charge in [-0.05, 0) is 35.9 Å². The van der Waals surface area contributed by atoms with E-state index in [-0.39, 0.29) is 12.3 Å². The van der Waals surface area contributed by atoms with Crippen LogP contribution < -0.4 is 10.6 Å². The van der Waals surface area contributed by atoms with Crippen molar-refractivity contribution < 1.29 is 14.7 Å². The Balaban J connectivity index is 1.89. The molecule has 0 fully saturated rings. The van der Waals surface area contributed by atoms with E-state index in [0.29, 0.717) is 12.2 Å². The molecule has 0 aliphatic rings. The summed E-state index contributed by atoms with van der Waals surface area (Å²) in [5.41, 5.74) is 1.47. The van der Waals surface area contributed by atoms with Crippen molar-refractivity contribution in [1.29, 1.82) is 0 Å². The van der Waals surface area contributed by atoms with Gasteiger partial charge in [0, 0.05) is 29.1 Å². The number of rotatable bonds is 7. The Hall–Kier alpha value is -2.25. The SMILES string of the molecule is O=C(CC(NCc1cccnc1)C(=O)O)Nc1ccc(Br)cc1. The van der Waals surface area contributed by atoms with E-state index < -0.39 is 12.0 Å². The van der Waals surface area contributed by atoms with Gasteiger partial charge in [0.25, 0.3) is 0 Å². The zero-order valence-electron chi connectivity index (χ0n) is 12.2. The van der Waals surface area contributed by atoms with Gasteiger partial charge in [-0.3, -0.25) is 19.9 Å². The van der Waals surface area contributed by atoms with Crippen molar-refractivity contribution in [3.8, 4) is 0 Å². The molecule has 1 unspecified atom stereocenters. The van der Waals surface area contributed by atoms with Crippen LogP contribution in [0.1, 0.15) is 12.0 Å². The Bertz CT molecular complexity index is 662. The number of carbonyl (C=O) groups is 2. The summed E-state index contributed by atoms with van der Waals surface area (Å²) in [5, 5.41) is 14.8. The molecule has 23 heavy (non-hydrogen) atoms. The summed E-state index contributed by atoms with van der Waals surface area (Å²) in [6.45, 7) is 0.330. The average molecular weight is 378 g/mol. The number of pyridine rings is 1. The Kier molecular flexibility index (Phi) is 6.25. The minimum absolute atomic E-state index is 0.161. The summed E-state index contributed by atoms with van der Waals surface area (Å²) in [6, 6.07) is 9.71. The van der Waals surface area contributed by atoms with Gasteiger partial charge in [-0.25, -0.2) is 0 Å². The predicted octanol–water partition coefficient (Wildman–Crippen LogP) is 2.42. The molecule has 7 heteroatoms. The maximum atomic E-state index is 12.0. The first-order valence-corrected chi connectivity index (χ1v) is 7.74. The number of aromatic nitrogens is 1. The molecule has 1 amide bonds. The fourth-order valence-electron chi connectivity index (χ4n) is 1.92. The number of amides is 1. The van der Waals surface area contributed by atoms with Crippen LogP contribution in [0, 0.1) is 0 Å². The average Bonchev–Trinajstić information content (AvgIpc) is 2.54. The highest BCUT2D eigenvalue weighted by Crippen LogP contribution is 2.14. The Morgan fingerprint density at radius 2 is 1.96 bits per heavy atom. The molecule has 0 saturated carbocycles. The number of halogens is 1. The van der Waals surface area contributed by atoms with Gasteiger partial charge in [0.2, 0.25) is 5.91 Å². The monoisotopic (exact) mass is 377 g/mol. The summed E-state index contributed by atoms with van der Waals surface area (Å²) in [5.74, 6) is -1.43. The van der Waals surface area contributed by atoms with Crippen LogP contribution in [0.2, 0.25) is 0 Å². The number of carboxylic acids is 1. The maximum absolute atomic E-state index is 12.0. The highest BCUT2D eigenvalue weighted by atomic mass is 79.9. The van der Waals surface area contributed by atoms with Crippen LogP contribution in [-0.2, 0) is 16.1 Å². The van der Waals surface area contributed by atoms with Gasteiger partial charge in [-0.1, -0.05) is 22.0 Å². The second-order valence-corrected chi connectivity index (χ2v) is 5.81. The number of benzene rings is 1. The number of carboxylic acid groups (broad SMARTS) is 1. The van der Waals surface area contributed by atoms with Crippen molar-refractivity contribution in [2.75, 3.05) is 5.32 Å². The molecule has 0 aliphatic heterocycles. The second-order valence-electron chi connectivity index (χ2n) is 4.89. The van der Waals surface area contributed by atoms with E-state index in [1.165, 1.54) is 0 Å². The molecule has 3 N–H and O–H groups in total. The molecule has 1 aromatic carbocycles. The molecule has 2 rings (SSSR count). The zero-order chi connectivity index (χ0) is 16.7. The van der Waals surface area contributed by atoms with Crippen molar-refractivity contribution in [3.63, 3.8) is 0 Å². The fraction of sp³-hybridized carbons (Fsp3) is 0.188. The lowest BCUT2D eigenvalue weighted by atomic mass is 10.1. The number of aliphatic carboxylic acids is 1. The van der Waals surface area contributed by atoms with Crippen molar-refractivity contribution >= 4 is 33.5 Å². The summed E-state index contributed by atoms with van der Waals surface area (Å²) >= 11 is 3.31. The summed E-state index contributed by atoms with van der Waals surface area (Å²) < 4.78 is 0.900. The highest BCUT2D eigenvalue weighted by molar-refractivity contribution is 9.10. The zero-order valence-corrected chi connectivity index (χ0v) is 13.8. The normalized spacial score (nSPS) is 11.7. The second kappa shape index (κ2) is 8.40. The molecule has 2 aromatic rings. The van der Waals surface area contributed by atoms with Crippen LogP contribution in [0.15, 0.2) is 53.3 Å². The van der Waals surface area contributed by atoms with Crippen molar-refractivity contribution in [1.82, 2.24) is 10.3 Å². The van der Waals surface area contributed by atoms with Gasteiger partial charge < -0.3 is 10.4 Å². The van der Waals surface area contributed by atoms with Crippen LogP contribution in [-0.4, -0.2) is 28.0 Å². The molecule has 1 atom stereocenters. The molecule has 0 aliphatic carbocycles. The Morgan fingerprint density at radius 3 is 2.57 bits per heavy atom. The number of carbonyl (C=O) groups excluding carboxylic acids is 1. The first-order chi connectivity index (χ1) is 11.0. The molecule has 6 nitrogen and oxygen atoms in total. The van der Waals surface area contributed by atoms with E-state index in [4.69, 9.17) is 0 Å². The largest absolute Gasteiger partial charge is 0.480 e. The van der Waals surface area contributed by atoms with Crippen LogP contribution in [0.25, 0.3) is 0 Å². The lowest BCUT2D eigenvalue weighted by Crippen LogP contribution is -2.39. The third-order valence-electron chi connectivity index (χ3n) is 3.09. The van der Waals surface area contributed by atoms with Crippen LogP contribution >= 0.6 is 15.9 Å². The lowest BCUT2D eigenvalue weighted by molar-refractivity contribution is -0.141. The molecule has 0 radical (unpaired) electrons. The third kappa shape index (κ3) is 5.80. The van der Waals surface area contributed by atoms with Gasteiger partial charge in [0.15, 0.2) is 0 Å². The first-order valence-electron chi connectivity index (χ1n) is 6.95. The van der Waals surface area contributed by atoms with Gasteiger partial charge in [0.05, 0.1) is 6.42 Å². The lowest BCUT2D eigenvalue weighted by Gasteiger charge is -2.14. The van der Waals surface area contributed by atoms with Gasteiger partial charge >= 0.3 is 5.97 Å². The van der Waals surface area contributed by atoms with E-state index in [0.717, 1.165) is 10.0 Å². The van der Waals surface area contributed by atoms with E-state index in [2.05, 4.69) is 31.5 Å². The minimum atomic E-state index is -1.07. The number of hydrogen-bond acceptors (Lipinski definition) is 4. The topological polar surface area (TPSA) is 91.3 Å². The first kappa shape index (κ1) is 17.1. The van der Waals surface area contributed by atoms with Crippen LogP contribution in [0.4, 0.5) is 5.69 Å². The molecule has 0 spiro atoms. The number of anilines is 1. The highest BCUT2D eigenvalue weighted by Gasteiger charge is 2.20. The molecule has 0 bridgehead atoms. The number of hydrogen-bond donors (Lipinski definition) is 3. The fourth-order valence-corrected chi connectivity index (χ4v) is 2.19. The van der Waals surface area contributed by atoms with E-state index >= 15 is 0 Å². The molecule has 1 heterocycles. The Labute approximate surface area is 142 Å². The summed E-state index contributed by atoms with van der Waals surface area (Å²) in [7, 11) is 0. The smallest absolute Gasteiger partial charge is 0.321 e. The predicted molar refractivity (Wildman–Crippen MR) is 89.9 cm³/mol. The molecule has 120 valence electrons. The summed E-state index contributed by atoms with van der Waals surface area (Å²) in [4.78, 5) is 27.2.